The Morgan fingerprint density at radius 3 is 2.67 bits per heavy atom. The molecule has 33 heavy (non-hydrogen) atoms. The molecule has 0 unspecified atom stereocenters. The van der Waals surface area contributed by atoms with E-state index >= 15 is 0 Å². The van der Waals surface area contributed by atoms with Crippen molar-refractivity contribution in [2.75, 3.05) is 38.2 Å². The van der Waals surface area contributed by atoms with Gasteiger partial charge in [-0.1, -0.05) is 0 Å². The number of anilines is 1. The molecule has 4 aliphatic heterocycles. The van der Waals surface area contributed by atoms with Gasteiger partial charge < -0.3 is 29.5 Å². The number of fused-ring (bicyclic) bond motifs is 3. The monoisotopic (exact) mass is 458 g/mol. The molecule has 2 amide bonds. The van der Waals surface area contributed by atoms with Crippen molar-refractivity contribution in [3.05, 3.63) is 23.8 Å². The summed E-state index contributed by atoms with van der Waals surface area (Å²) in [5.74, 6) is 0.914. The fourth-order valence-electron chi connectivity index (χ4n) is 5.64. The molecular weight excluding hydrogens is 424 g/mol. The molecule has 5 rings (SSSR count). The predicted octanol–water partition coefficient (Wildman–Crippen LogP) is 2.45. The Morgan fingerprint density at radius 2 is 1.91 bits per heavy atom. The third kappa shape index (κ3) is 4.88. The Morgan fingerprint density at radius 1 is 1.12 bits per heavy atom. The molecule has 8 heteroatoms. The van der Waals surface area contributed by atoms with Gasteiger partial charge >= 0.3 is 0 Å². The average molecular weight is 459 g/mol. The van der Waals surface area contributed by atoms with E-state index in [-0.39, 0.29) is 42.5 Å². The first-order valence-electron chi connectivity index (χ1n) is 12.4. The summed E-state index contributed by atoms with van der Waals surface area (Å²) < 4.78 is 17.6. The van der Waals surface area contributed by atoms with E-state index in [2.05, 4.69) is 5.32 Å². The molecule has 0 bridgehead atoms. The number of benzene rings is 1. The van der Waals surface area contributed by atoms with Gasteiger partial charge in [0, 0.05) is 49.4 Å². The van der Waals surface area contributed by atoms with Gasteiger partial charge in [-0.3, -0.25) is 9.59 Å². The number of hydrogen-bond acceptors (Lipinski definition) is 6. The topological polar surface area (TPSA) is 97.3 Å². The molecule has 2 N–H and O–H groups in total. The molecule has 4 atom stereocenters. The van der Waals surface area contributed by atoms with Crippen molar-refractivity contribution in [2.24, 2.45) is 5.92 Å². The van der Waals surface area contributed by atoms with Crippen LogP contribution in [0, 0.1) is 5.92 Å². The summed E-state index contributed by atoms with van der Waals surface area (Å²) in [5, 5.41) is 13.0. The average Bonchev–Trinajstić information content (AvgIpc) is 3.22. The van der Waals surface area contributed by atoms with Gasteiger partial charge in [0.2, 0.25) is 11.8 Å². The van der Waals surface area contributed by atoms with Gasteiger partial charge in [0.25, 0.3) is 0 Å². The largest absolute Gasteiger partial charge is 0.487 e. The number of amides is 2. The highest BCUT2D eigenvalue weighted by atomic mass is 16.6. The zero-order chi connectivity index (χ0) is 22.8. The van der Waals surface area contributed by atoms with Crippen molar-refractivity contribution in [3.63, 3.8) is 0 Å². The molecule has 0 saturated carbocycles. The second-order valence-corrected chi connectivity index (χ2v) is 9.68. The van der Waals surface area contributed by atoms with Crippen molar-refractivity contribution in [3.8, 4) is 5.75 Å². The van der Waals surface area contributed by atoms with Crippen LogP contribution in [-0.4, -0.2) is 73.0 Å². The number of ether oxygens (including phenoxy) is 3. The zero-order valence-electron chi connectivity index (χ0n) is 19.0. The Bertz CT molecular complexity index is 864. The molecule has 4 heterocycles. The zero-order valence-corrected chi connectivity index (χ0v) is 19.0. The fourth-order valence-corrected chi connectivity index (χ4v) is 5.64. The third-order valence-electron chi connectivity index (χ3n) is 7.47. The Hall–Kier alpha value is -2.16. The van der Waals surface area contributed by atoms with Gasteiger partial charge in [-0.25, -0.2) is 0 Å². The summed E-state index contributed by atoms with van der Waals surface area (Å²) in [6.07, 6.45) is 4.76. The number of rotatable bonds is 5. The lowest BCUT2D eigenvalue weighted by molar-refractivity contribution is -0.149. The lowest BCUT2D eigenvalue weighted by Crippen LogP contribution is -2.48. The van der Waals surface area contributed by atoms with Gasteiger partial charge in [0.15, 0.2) is 0 Å². The molecule has 3 fully saturated rings. The molecule has 0 aromatic heterocycles. The number of nitrogens with zero attached hydrogens (tertiary/aromatic N) is 1. The molecule has 3 saturated heterocycles. The number of aliphatic hydroxyl groups is 1. The number of carbonyl (C=O) groups excluding carboxylic acids is 2. The summed E-state index contributed by atoms with van der Waals surface area (Å²) in [6.45, 7) is 2.74. The van der Waals surface area contributed by atoms with Crippen molar-refractivity contribution in [1.82, 2.24) is 4.90 Å². The Labute approximate surface area is 194 Å². The van der Waals surface area contributed by atoms with Crippen LogP contribution in [0.3, 0.4) is 0 Å². The van der Waals surface area contributed by atoms with E-state index in [1.165, 1.54) is 6.42 Å². The number of piperidine rings is 1. The van der Waals surface area contributed by atoms with Crippen LogP contribution >= 0.6 is 0 Å². The van der Waals surface area contributed by atoms with Crippen molar-refractivity contribution >= 4 is 17.5 Å². The highest BCUT2D eigenvalue weighted by Gasteiger charge is 2.46. The lowest BCUT2D eigenvalue weighted by atomic mass is 9.84. The van der Waals surface area contributed by atoms with E-state index in [0.717, 1.165) is 55.8 Å². The number of likely N-dealkylation sites (tertiary alicyclic amines) is 1. The van der Waals surface area contributed by atoms with Crippen molar-refractivity contribution in [1.29, 1.82) is 0 Å². The second-order valence-electron chi connectivity index (χ2n) is 9.68. The van der Waals surface area contributed by atoms with E-state index in [9.17, 15) is 14.7 Å². The molecule has 1 aromatic carbocycles. The van der Waals surface area contributed by atoms with Crippen molar-refractivity contribution in [2.45, 2.75) is 69.2 Å². The number of hydrogen-bond donors (Lipinski definition) is 2. The van der Waals surface area contributed by atoms with Crippen LogP contribution in [0.25, 0.3) is 0 Å². The first-order chi connectivity index (χ1) is 16.1. The van der Waals surface area contributed by atoms with E-state index in [0.29, 0.717) is 26.1 Å². The number of nitrogens with one attached hydrogen (secondary N) is 1. The first kappa shape index (κ1) is 22.6. The minimum atomic E-state index is -0.476. The van der Waals surface area contributed by atoms with Crippen molar-refractivity contribution < 1.29 is 28.9 Å². The maximum Gasteiger partial charge on any atom is 0.227 e. The van der Waals surface area contributed by atoms with Gasteiger partial charge in [-0.2, -0.15) is 0 Å². The standard InChI is InChI=1S/C25H34N2O6/c28-15-22-24-20(13-18(32-22)14-23(29)27-8-2-1-3-9-27)19-12-17(4-5-21(19)33-24)26-25(30)16-6-10-31-11-7-16/h4-5,12,16,18,20,22,24,28H,1-3,6-11,13-15H2,(H,26,30)/t18-,20+,22-,24-/m0/s1. The maximum absolute atomic E-state index is 12.8. The predicted molar refractivity (Wildman–Crippen MR) is 121 cm³/mol. The van der Waals surface area contributed by atoms with E-state index in [1.54, 1.807) is 0 Å². The molecule has 0 aliphatic carbocycles. The maximum atomic E-state index is 12.8. The minimum absolute atomic E-state index is 0.0185. The Kier molecular flexibility index (Phi) is 6.85. The fraction of sp³-hybridized carbons (Fsp3) is 0.680. The summed E-state index contributed by atoms with van der Waals surface area (Å²) in [4.78, 5) is 27.4. The van der Waals surface area contributed by atoms with Gasteiger partial charge in [0.1, 0.15) is 18.0 Å². The highest BCUT2D eigenvalue weighted by molar-refractivity contribution is 5.92. The van der Waals surface area contributed by atoms with E-state index < -0.39 is 6.10 Å². The van der Waals surface area contributed by atoms with E-state index in [1.807, 2.05) is 23.1 Å². The molecule has 1 aromatic rings. The first-order valence-corrected chi connectivity index (χ1v) is 12.4. The highest BCUT2D eigenvalue weighted by Crippen LogP contribution is 2.47. The lowest BCUT2D eigenvalue weighted by Gasteiger charge is -2.38. The summed E-state index contributed by atoms with van der Waals surface area (Å²) in [6, 6.07) is 5.73. The van der Waals surface area contributed by atoms with Crippen LogP contribution in [0.2, 0.25) is 0 Å². The molecule has 0 spiro atoms. The van der Waals surface area contributed by atoms with Crippen LogP contribution < -0.4 is 10.1 Å². The van der Waals surface area contributed by atoms with Crippen LogP contribution in [0.5, 0.6) is 5.75 Å². The smallest absolute Gasteiger partial charge is 0.227 e. The van der Waals surface area contributed by atoms with Gasteiger partial charge in [0.05, 0.1) is 19.1 Å². The van der Waals surface area contributed by atoms with Gasteiger partial charge in [-0.15, -0.1) is 0 Å². The quantitative estimate of drug-likeness (QED) is 0.704. The molecule has 4 aliphatic rings. The Balaban J connectivity index is 1.28. The second kappa shape index (κ2) is 9.99. The van der Waals surface area contributed by atoms with Crippen LogP contribution in [0.15, 0.2) is 18.2 Å². The van der Waals surface area contributed by atoms with Crippen LogP contribution in [-0.2, 0) is 19.1 Å². The molecular formula is C25H34N2O6. The minimum Gasteiger partial charge on any atom is -0.487 e. The summed E-state index contributed by atoms with van der Waals surface area (Å²) in [7, 11) is 0. The van der Waals surface area contributed by atoms with Crippen LogP contribution in [0.4, 0.5) is 5.69 Å². The molecule has 8 nitrogen and oxygen atoms in total. The normalized spacial score (nSPS) is 29.7. The molecule has 0 radical (unpaired) electrons. The van der Waals surface area contributed by atoms with E-state index in [4.69, 9.17) is 14.2 Å². The SMILES string of the molecule is O=C(Nc1ccc2c(c1)[C@H]1C[C@@H](CC(=O)N3CCCCC3)O[C@@H](CO)[C@H]1O2)C1CCOCC1. The number of carbonyl (C=O) groups is 2. The summed E-state index contributed by atoms with van der Waals surface area (Å²) in [5.41, 5.74) is 1.77. The number of aliphatic hydroxyl groups excluding tert-OH is 1. The van der Waals surface area contributed by atoms with Gasteiger partial charge in [-0.05, 0) is 56.7 Å². The third-order valence-corrected chi connectivity index (χ3v) is 7.47. The summed E-state index contributed by atoms with van der Waals surface area (Å²) >= 11 is 0. The van der Waals surface area contributed by atoms with Crippen LogP contribution in [0.1, 0.15) is 56.4 Å². The molecule has 180 valence electrons.